The van der Waals surface area contributed by atoms with Gasteiger partial charge in [0.05, 0.1) is 11.2 Å². The van der Waals surface area contributed by atoms with Gasteiger partial charge in [-0.2, -0.15) is 0 Å². The summed E-state index contributed by atoms with van der Waals surface area (Å²) in [6.45, 7) is 6.01. The van der Waals surface area contributed by atoms with Gasteiger partial charge in [0.2, 0.25) is 15.2 Å². The number of aromatic nitrogens is 2. The topological polar surface area (TPSA) is 89.0 Å². The van der Waals surface area contributed by atoms with Gasteiger partial charge in [-0.25, -0.2) is 8.42 Å². The molecule has 1 aromatic heterocycles. The first kappa shape index (κ1) is 15.9. The van der Waals surface area contributed by atoms with Crippen molar-refractivity contribution >= 4 is 32.3 Å². The number of fused-ring (bicyclic) bond motifs is 2. The van der Waals surface area contributed by atoms with Gasteiger partial charge in [0.1, 0.15) is 10.8 Å². The zero-order valence-corrected chi connectivity index (χ0v) is 14.7. The standard InChI is InChI=1S/C14H21N3O3S2/c1-4-11-15-16-12(21-11)17-22(19,20)8-14-6-5-9(7-10(14)18)13(14,2)3/h9H,4-8H2,1-3H3,(H,16,17)/t9-,14?/m0/s1. The third-order valence-corrected chi connectivity index (χ3v) is 8.08. The van der Waals surface area contributed by atoms with E-state index in [0.717, 1.165) is 17.8 Å². The summed E-state index contributed by atoms with van der Waals surface area (Å²) in [4.78, 5) is 12.4. The molecule has 0 spiro atoms. The molecule has 2 fully saturated rings. The molecule has 2 aliphatic carbocycles. The third-order valence-electron chi connectivity index (χ3n) is 5.59. The van der Waals surface area contributed by atoms with Gasteiger partial charge in [0.25, 0.3) is 0 Å². The van der Waals surface area contributed by atoms with Crippen LogP contribution in [0.15, 0.2) is 0 Å². The van der Waals surface area contributed by atoms with Gasteiger partial charge < -0.3 is 0 Å². The minimum absolute atomic E-state index is 0.102. The maximum absolute atomic E-state index is 12.5. The quantitative estimate of drug-likeness (QED) is 0.885. The van der Waals surface area contributed by atoms with E-state index < -0.39 is 15.4 Å². The molecule has 6 nitrogen and oxygen atoms in total. The van der Waals surface area contributed by atoms with Crippen molar-refractivity contribution in [3.05, 3.63) is 5.01 Å². The first-order chi connectivity index (χ1) is 10.2. The molecule has 2 aliphatic rings. The van der Waals surface area contributed by atoms with Crippen LogP contribution in [0.5, 0.6) is 0 Å². The normalized spacial score (nSPS) is 30.0. The Hall–Kier alpha value is -1.02. The Labute approximate surface area is 134 Å². The lowest BCUT2D eigenvalue weighted by molar-refractivity contribution is -0.128. The summed E-state index contributed by atoms with van der Waals surface area (Å²) in [6, 6.07) is 0. The lowest BCUT2D eigenvalue weighted by Gasteiger charge is -2.35. The molecule has 2 saturated carbocycles. The molecule has 3 rings (SSSR count). The Kier molecular flexibility index (Phi) is 3.60. The number of hydrogen-bond acceptors (Lipinski definition) is 6. The predicted octanol–water partition coefficient (Wildman–Crippen LogP) is 2.24. The highest BCUT2D eigenvalue weighted by Crippen LogP contribution is 2.64. The first-order valence-electron chi connectivity index (χ1n) is 7.56. The number of rotatable bonds is 5. The Balaban J connectivity index is 1.83. The molecule has 1 unspecified atom stereocenters. The van der Waals surface area contributed by atoms with Crippen LogP contribution in [0.25, 0.3) is 0 Å². The smallest absolute Gasteiger partial charge is 0.235 e. The van der Waals surface area contributed by atoms with E-state index in [1.165, 1.54) is 11.3 Å². The minimum Gasteiger partial charge on any atom is -0.299 e. The molecular formula is C14H21N3O3S2. The predicted molar refractivity (Wildman–Crippen MR) is 85.3 cm³/mol. The fourth-order valence-corrected chi connectivity index (χ4v) is 6.82. The molecule has 8 heteroatoms. The van der Waals surface area contributed by atoms with Crippen molar-refractivity contribution in [3.8, 4) is 0 Å². The van der Waals surface area contributed by atoms with Crippen LogP contribution in [0.2, 0.25) is 0 Å². The van der Waals surface area contributed by atoms with Crippen molar-refractivity contribution in [2.75, 3.05) is 10.5 Å². The Bertz CT molecular complexity index is 711. The monoisotopic (exact) mass is 343 g/mol. The van der Waals surface area contributed by atoms with Crippen molar-refractivity contribution in [2.24, 2.45) is 16.7 Å². The number of sulfonamides is 1. The zero-order chi connectivity index (χ0) is 16.2. The number of hydrogen-bond donors (Lipinski definition) is 1. The summed E-state index contributed by atoms with van der Waals surface area (Å²) >= 11 is 1.24. The largest absolute Gasteiger partial charge is 0.299 e. The number of carbonyl (C=O) groups is 1. The Morgan fingerprint density at radius 2 is 2.09 bits per heavy atom. The van der Waals surface area contributed by atoms with Gasteiger partial charge in [-0.1, -0.05) is 32.1 Å². The van der Waals surface area contributed by atoms with Crippen LogP contribution in [-0.4, -0.2) is 30.2 Å². The first-order valence-corrected chi connectivity index (χ1v) is 10.0. The molecule has 0 radical (unpaired) electrons. The number of aryl methyl sites for hydroxylation is 1. The molecule has 0 aliphatic heterocycles. The molecule has 1 aromatic rings. The number of ketones is 1. The van der Waals surface area contributed by atoms with E-state index >= 15 is 0 Å². The van der Waals surface area contributed by atoms with Crippen LogP contribution in [0, 0.1) is 16.7 Å². The molecule has 2 atom stereocenters. The highest BCUT2D eigenvalue weighted by molar-refractivity contribution is 7.92. The average molecular weight is 343 g/mol. The van der Waals surface area contributed by atoms with Gasteiger partial charge in [-0.05, 0) is 30.6 Å². The second-order valence-electron chi connectivity index (χ2n) is 6.88. The van der Waals surface area contributed by atoms with E-state index in [2.05, 4.69) is 14.9 Å². The summed E-state index contributed by atoms with van der Waals surface area (Å²) in [5, 5.41) is 8.84. The average Bonchev–Trinajstić information content (AvgIpc) is 3.00. The molecule has 1 N–H and O–H groups in total. The number of Topliss-reactive ketones (excluding diaryl/α,β-unsaturated/α-hetero) is 1. The van der Waals surface area contributed by atoms with Crippen molar-refractivity contribution in [2.45, 2.75) is 46.5 Å². The summed E-state index contributed by atoms with van der Waals surface area (Å²) in [5.41, 5.74) is -1.00. The van der Waals surface area contributed by atoms with Crippen LogP contribution in [0.4, 0.5) is 5.13 Å². The van der Waals surface area contributed by atoms with Crippen molar-refractivity contribution in [3.63, 3.8) is 0 Å². The maximum Gasteiger partial charge on any atom is 0.235 e. The number of carbonyl (C=O) groups excluding carboxylic acids is 1. The summed E-state index contributed by atoms with van der Waals surface area (Å²) < 4.78 is 27.6. The van der Waals surface area contributed by atoms with Crippen molar-refractivity contribution in [1.29, 1.82) is 0 Å². The van der Waals surface area contributed by atoms with Gasteiger partial charge in [0, 0.05) is 6.42 Å². The van der Waals surface area contributed by atoms with Gasteiger partial charge >= 0.3 is 0 Å². The molecular weight excluding hydrogens is 322 g/mol. The number of anilines is 1. The summed E-state index contributed by atoms with van der Waals surface area (Å²) in [7, 11) is -3.62. The van der Waals surface area contributed by atoms with Crippen LogP contribution < -0.4 is 4.72 Å². The van der Waals surface area contributed by atoms with Crippen LogP contribution >= 0.6 is 11.3 Å². The fraction of sp³-hybridized carbons (Fsp3) is 0.786. The van der Waals surface area contributed by atoms with E-state index in [0.29, 0.717) is 18.8 Å². The summed E-state index contributed by atoms with van der Waals surface area (Å²) in [5.74, 6) is 0.262. The lowest BCUT2D eigenvalue weighted by atomic mass is 9.70. The lowest BCUT2D eigenvalue weighted by Crippen LogP contribution is -2.43. The second kappa shape index (κ2) is 4.99. The number of nitrogens with zero attached hydrogens (tertiary/aromatic N) is 2. The Morgan fingerprint density at radius 3 is 2.59 bits per heavy atom. The second-order valence-corrected chi connectivity index (χ2v) is 9.67. The molecule has 1 heterocycles. The fourth-order valence-electron chi connectivity index (χ4n) is 4.04. The molecule has 2 bridgehead atoms. The number of nitrogens with one attached hydrogen (secondary N) is 1. The van der Waals surface area contributed by atoms with Crippen LogP contribution in [0.3, 0.4) is 0 Å². The van der Waals surface area contributed by atoms with Crippen molar-refractivity contribution in [1.82, 2.24) is 10.2 Å². The van der Waals surface area contributed by atoms with Gasteiger partial charge in [0.15, 0.2) is 0 Å². The van der Waals surface area contributed by atoms with E-state index in [1.54, 1.807) is 0 Å². The minimum atomic E-state index is -3.62. The highest BCUT2D eigenvalue weighted by atomic mass is 32.2. The molecule has 22 heavy (non-hydrogen) atoms. The van der Waals surface area contributed by atoms with E-state index in [4.69, 9.17) is 0 Å². The highest BCUT2D eigenvalue weighted by Gasteiger charge is 2.65. The van der Waals surface area contributed by atoms with Gasteiger partial charge in [-0.15, -0.1) is 10.2 Å². The molecule has 0 amide bonds. The third kappa shape index (κ3) is 2.27. The van der Waals surface area contributed by atoms with E-state index in [-0.39, 0.29) is 22.1 Å². The van der Waals surface area contributed by atoms with Crippen LogP contribution in [0.1, 0.15) is 45.0 Å². The summed E-state index contributed by atoms with van der Waals surface area (Å²) in [6.07, 6.45) is 2.84. The van der Waals surface area contributed by atoms with E-state index in [9.17, 15) is 13.2 Å². The Morgan fingerprint density at radius 1 is 1.36 bits per heavy atom. The molecule has 0 aromatic carbocycles. The molecule has 0 saturated heterocycles. The SMILES string of the molecule is CCc1nnc(NS(=O)(=O)CC23CC[C@@H](CC2=O)C3(C)C)s1. The maximum atomic E-state index is 12.5. The van der Waals surface area contributed by atoms with E-state index in [1.807, 2.05) is 20.8 Å². The van der Waals surface area contributed by atoms with Crippen LogP contribution in [-0.2, 0) is 21.2 Å². The van der Waals surface area contributed by atoms with Crippen molar-refractivity contribution < 1.29 is 13.2 Å². The zero-order valence-electron chi connectivity index (χ0n) is 13.0. The van der Waals surface area contributed by atoms with Gasteiger partial charge in [-0.3, -0.25) is 9.52 Å². The molecule has 122 valence electrons.